The number of hydrogen-bond donors (Lipinski definition) is 1. The first-order chi connectivity index (χ1) is 3.27. The van der Waals surface area contributed by atoms with Crippen LogP contribution in [0.5, 0.6) is 0 Å². The molecule has 40 valence electrons. The Kier molecular flexibility index (Phi) is 0.927. The summed E-state index contributed by atoms with van der Waals surface area (Å²) in [5.74, 6) is 0. The highest BCUT2D eigenvalue weighted by atomic mass is 16.3. The second kappa shape index (κ2) is 1.34. The molecular weight excluding hydrogens is 88.1 g/mol. The molecule has 1 heteroatoms. The van der Waals surface area contributed by atoms with Crippen molar-refractivity contribution in [3.63, 3.8) is 0 Å². The van der Waals surface area contributed by atoms with Crippen LogP contribution in [0.2, 0.25) is 0 Å². The first kappa shape index (κ1) is 4.85. The van der Waals surface area contributed by atoms with Crippen LogP contribution in [0.15, 0.2) is 12.2 Å². The Morgan fingerprint density at radius 3 is 2.29 bits per heavy atom. The maximum atomic E-state index is 8.40. The van der Waals surface area contributed by atoms with E-state index >= 15 is 0 Å². The van der Waals surface area contributed by atoms with Crippen LogP contribution < -0.4 is 0 Å². The van der Waals surface area contributed by atoms with E-state index in [1.165, 1.54) is 0 Å². The highest BCUT2D eigenvalue weighted by Crippen LogP contribution is 2.36. The molecule has 7 heavy (non-hydrogen) atoms. The maximum absolute atomic E-state index is 8.40. The van der Waals surface area contributed by atoms with Gasteiger partial charge in [-0.05, 0) is 6.42 Å². The van der Waals surface area contributed by atoms with Crippen molar-refractivity contribution < 1.29 is 5.11 Å². The van der Waals surface area contributed by atoms with E-state index in [-0.39, 0.29) is 0 Å². The van der Waals surface area contributed by atoms with Crippen molar-refractivity contribution in [3.8, 4) is 0 Å². The second-order valence-electron chi connectivity index (χ2n) is 2.31. The Balaban J connectivity index is 2.16. The van der Waals surface area contributed by atoms with Crippen molar-refractivity contribution in [1.29, 1.82) is 0 Å². The zero-order valence-corrected chi connectivity index (χ0v) is 4.52. The molecule has 0 unspecified atom stereocenters. The lowest BCUT2D eigenvalue weighted by Gasteiger charge is -2.02. The summed E-state index contributed by atoms with van der Waals surface area (Å²) in [5.41, 5.74) is 0.300. The van der Waals surface area contributed by atoms with Gasteiger partial charge in [-0.25, -0.2) is 0 Å². The molecule has 1 rings (SSSR count). The fraction of sp³-hybridized carbons (Fsp3) is 0.667. The lowest BCUT2D eigenvalue weighted by molar-refractivity contribution is 0.264. The number of allylic oxidation sites excluding steroid dienone is 2. The van der Waals surface area contributed by atoms with Crippen molar-refractivity contribution in [2.45, 2.75) is 13.3 Å². The van der Waals surface area contributed by atoms with Crippen molar-refractivity contribution >= 4 is 0 Å². The summed E-state index contributed by atoms with van der Waals surface area (Å²) in [6, 6.07) is 0. The van der Waals surface area contributed by atoms with Gasteiger partial charge in [0, 0.05) is 12.0 Å². The van der Waals surface area contributed by atoms with E-state index in [0.29, 0.717) is 12.0 Å². The van der Waals surface area contributed by atoms with Gasteiger partial charge in [-0.15, -0.1) is 0 Å². The molecule has 0 atom stereocenters. The third-order valence-corrected chi connectivity index (χ3v) is 1.39. The molecule has 0 saturated heterocycles. The fourth-order valence-corrected chi connectivity index (χ4v) is 0.550. The molecule has 0 saturated carbocycles. The molecule has 0 spiro atoms. The van der Waals surface area contributed by atoms with Crippen molar-refractivity contribution in [1.82, 2.24) is 0 Å². The van der Waals surface area contributed by atoms with Crippen LogP contribution in [0.3, 0.4) is 0 Å². The van der Waals surface area contributed by atoms with Crippen LogP contribution >= 0.6 is 0 Å². The molecule has 1 N–H and O–H groups in total. The molecular formula is C6H10O. The van der Waals surface area contributed by atoms with E-state index in [1.807, 2.05) is 0 Å². The van der Waals surface area contributed by atoms with Crippen LogP contribution in [0.25, 0.3) is 0 Å². The number of aliphatic hydroxyl groups is 1. The van der Waals surface area contributed by atoms with Gasteiger partial charge in [0.2, 0.25) is 0 Å². The summed E-state index contributed by atoms with van der Waals surface area (Å²) in [6.45, 7) is 2.42. The summed E-state index contributed by atoms with van der Waals surface area (Å²) in [5, 5.41) is 8.40. The fourth-order valence-electron chi connectivity index (χ4n) is 0.550. The monoisotopic (exact) mass is 98.1 g/mol. The molecule has 0 amide bonds. The van der Waals surface area contributed by atoms with E-state index in [1.54, 1.807) is 0 Å². The van der Waals surface area contributed by atoms with E-state index < -0.39 is 0 Å². The van der Waals surface area contributed by atoms with Gasteiger partial charge in [-0.2, -0.15) is 0 Å². The Bertz CT molecular complexity index is 88.4. The lowest BCUT2D eigenvalue weighted by Crippen LogP contribution is -1.97. The molecule has 0 aromatic carbocycles. The van der Waals surface area contributed by atoms with E-state index in [0.717, 1.165) is 6.42 Å². The Morgan fingerprint density at radius 1 is 1.57 bits per heavy atom. The summed E-state index contributed by atoms with van der Waals surface area (Å²) in [7, 11) is 0. The molecule has 0 radical (unpaired) electrons. The topological polar surface area (TPSA) is 20.2 Å². The first-order valence-electron chi connectivity index (χ1n) is 2.58. The Labute approximate surface area is 43.7 Å². The minimum atomic E-state index is 0.300. The normalized spacial score (nSPS) is 22.6. The largest absolute Gasteiger partial charge is 0.396 e. The van der Waals surface area contributed by atoms with Gasteiger partial charge in [0.15, 0.2) is 0 Å². The summed E-state index contributed by atoms with van der Waals surface area (Å²) < 4.78 is 0. The number of rotatable bonds is 2. The SMILES string of the molecule is CC1(CCO)C=C1. The van der Waals surface area contributed by atoms with Crippen LogP contribution in [0.4, 0.5) is 0 Å². The standard InChI is InChI=1S/C6H10O/c1-6(2-3-6)4-5-7/h2-3,7H,4-5H2,1H3. The first-order valence-corrected chi connectivity index (χ1v) is 2.58. The quantitative estimate of drug-likeness (QED) is 0.510. The van der Waals surface area contributed by atoms with Crippen molar-refractivity contribution in [3.05, 3.63) is 12.2 Å². The molecule has 0 aliphatic heterocycles. The Hall–Kier alpha value is -0.300. The van der Waals surface area contributed by atoms with Crippen molar-refractivity contribution in [2.75, 3.05) is 6.61 Å². The molecule has 1 aliphatic carbocycles. The average Bonchev–Trinajstić information content (AvgIpc) is 2.22. The summed E-state index contributed by atoms with van der Waals surface area (Å²) in [4.78, 5) is 0. The average molecular weight is 98.1 g/mol. The van der Waals surface area contributed by atoms with E-state index in [9.17, 15) is 0 Å². The third-order valence-electron chi connectivity index (χ3n) is 1.39. The predicted octanol–water partition coefficient (Wildman–Crippen LogP) is 0.945. The second-order valence-corrected chi connectivity index (χ2v) is 2.31. The number of aliphatic hydroxyl groups excluding tert-OH is 1. The maximum Gasteiger partial charge on any atom is 0.0442 e. The minimum absolute atomic E-state index is 0.300. The zero-order valence-electron chi connectivity index (χ0n) is 4.52. The minimum Gasteiger partial charge on any atom is -0.396 e. The highest BCUT2D eigenvalue weighted by Gasteiger charge is 2.25. The van der Waals surface area contributed by atoms with Gasteiger partial charge in [0.25, 0.3) is 0 Å². The van der Waals surface area contributed by atoms with Gasteiger partial charge < -0.3 is 5.11 Å². The number of hydrogen-bond acceptors (Lipinski definition) is 1. The lowest BCUT2D eigenvalue weighted by atomic mass is 10.0. The van der Waals surface area contributed by atoms with Gasteiger partial charge in [-0.3, -0.25) is 0 Å². The molecule has 0 aromatic heterocycles. The molecule has 1 aliphatic rings. The smallest absolute Gasteiger partial charge is 0.0442 e. The third kappa shape index (κ3) is 1.03. The van der Waals surface area contributed by atoms with Crippen LogP contribution in [0, 0.1) is 5.41 Å². The van der Waals surface area contributed by atoms with E-state index in [4.69, 9.17) is 5.11 Å². The molecule has 0 bridgehead atoms. The van der Waals surface area contributed by atoms with Crippen LogP contribution in [0.1, 0.15) is 13.3 Å². The molecule has 0 aromatic rings. The van der Waals surface area contributed by atoms with E-state index in [2.05, 4.69) is 19.1 Å². The predicted molar refractivity (Wildman–Crippen MR) is 28.9 cm³/mol. The summed E-state index contributed by atoms with van der Waals surface area (Å²) in [6.07, 6.45) is 5.12. The van der Waals surface area contributed by atoms with Gasteiger partial charge in [0.05, 0.1) is 0 Å². The van der Waals surface area contributed by atoms with Crippen LogP contribution in [-0.2, 0) is 0 Å². The van der Waals surface area contributed by atoms with Gasteiger partial charge >= 0.3 is 0 Å². The molecule has 1 nitrogen and oxygen atoms in total. The van der Waals surface area contributed by atoms with Gasteiger partial charge in [-0.1, -0.05) is 19.1 Å². The zero-order chi connectivity index (χ0) is 5.33. The van der Waals surface area contributed by atoms with Crippen molar-refractivity contribution in [2.24, 2.45) is 5.41 Å². The summed E-state index contributed by atoms with van der Waals surface area (Å²) >= 11 is 0. The Morgan fingerprint density at radius 2 is 2.14 bits per heavy atom. The van der Waals surface area contributed by atoms with Crippen LogP contribution in [-0.4, -0.2) is 11.7 Å². The van der Waals surface area contributed by atoms with Gasteiger partial charge in [0.1, 0.15) is 0 Å². The highest BCUT2D eigenvalue weighted by molar-refractivity contribution is 5.23. The molecule has 0 fully saturated rings. The molecule has 0 heterocycles.